The van der Waals surface area contributed by atoms with Crippen molar-refractivity contribution in [2.75, 3.05) is 13.1 Å². The lowest BCUT2D eigenvalue weighted by atomic mass is 9.49. The lowest BCUT2D eigenvalue weighted by molar-refractivity contribution is -0.159. The van der Waals surface area contributed by atoms with Gasteiger partial charge in [0.25, 0.3) is 5.19 Å². The van der Waals surface area contributed by atoms with Crippen LogP contribution >= 0.6 is 11.3 Å². The summed E-state index contributed by atoms with van der Waals surface area (Å²) in [5, 5.41) is 0.538. The number of benzene rings is 1. The highest BCUT2D eigenvalue weighted by molar-refractivity contribution is 7.20. The maximum absolute atomic E-state index is 13.9. The average molecular weight is 415 g/mol. The molecule has 0 atom stereocenters. The van der Waals surface area contributed by atoms with E-state index in [0.29, 0.717) is 16.6 Å². The number of ether oxygens (including phenoxy) is 1. The molecule has 154 valence electrons. The van der Waals surface area contributed by atoms with Gasteiger partial charge in [-0.1, -0.05) is 17.4 Å². The topological polar surface area (TPSA) is 42.4 Å². The van der Waals surface area contributed by atoms with Crippen molar-refractivity contribution < 1.29 is 13.9 Å². The number of para-hydroxylation sites is 1. The first-order chi connectivity index (χ1) is 14.1. The largest absolute Gasteiger partial charge is 0.467 e. The number of thiazole rings is 1. The standard InChI is InChI=1S/C23H27FN2O2S/c24-18-2-1-3-19-20(18)25-22(29-19)28-17-4-6-26(7-5-17)21(27)23-11-14-8-15(12-23)10-16(9-14)13-23/h1-3,14-17H,4-13H2. The summed E-state index contributed by atoms with van der Waals surface area (Å²) in [6.07, 6.45) is 9.20. The molecule has 1 aromatic carbocycles. The van der Waals surface area contributed by atoms with Gasteiger partial charge >= 0.3 is 0 Å². The molecule has 2 heterocycles. The van der Waals surface area contributed by atoms with E-state index >= 15 is 0 Å². The number of hydrogen-bond acceptors (Lipinski definition) is 4. The van der Waals surface area contributed by atoms with E-state index in [-0.39, 0.29) is 17.3 Å². The fourth-order valence-electron chi connectivity index (χ4n) is 6.97. The molecular weight excluding hydrogens is 387 g/mol. The Morgan fingerprint density at radius 1 is 1.10 bits per heavy atom. The van der Waals surface area contributed by atoms with Crippen molar-refractivity contribution in [1.29, 1.82) is 0 Å². The van der Waals surface area contributed by atoms with Crippen LogP contribution in [0.25, 0.3) is 10.2 Å². The molecule has 4 nitrogen and oxygen atoms in total. The molecule has 0 spiro atoms. The lowest BCUT2D eigenvalue weighted by Gasteiger charge is -2.57. The number of amides is 1. The molecule has 4 bridgehead atoms. The van der Waals surface area contributed by atoms with Crippen LogP contribution in [0, 0.1) is 29.0 Å². The highest BCUT2D eigenvalue weighted by Crippen LogP contribution is 2.60. The molecule has 5 fully saturated rings. The molecule has 2 aromatic rings. The Kier molecular flexibility index (Phi) is 4.16. The Bertz CT molecular complexity index is 914. The van der Waals surface area contributed by atoms with Gasteiger partial charge < -0.3 is 9.64 Å². The number of carbonyl (C=O) groups is 1. The molecule has 7 rings (SSSR count). The van der Waals surface area contributed by atoms with E-state index in [9.17, 15) is 9.18 Å². The van der Waals surface area contributed by atoms with E-state index < -0.39 is 0 Å². The second-order valence-corrected chi connectivity index (χ2v) is 10.9. The Hall–Kier alpha value is -1.69. The molecule has 0 unspecified atom stereocenters. The highest BCUT2D eigenvalue weighted by atomic mass is 32.1. The van der Waals surface area contributed by atoms with E-state index in [0.717, 1.165) is 67.6 Å². The van der Waals surface area contributed by atoms with E-state index in [1.165, 1.54) is 36.7 Å². The van der Waals surface area contributed by atoms with Gasteiger partial charge in [0.15, 0.2) is 0 Å². The van der Waals surface area contributed by atoms with Crippen LogP contribution in [0.1, 0.15) is 51.4 Å². The van der Waals surface area contributed by atoms with Crippen molar-refractivity contribution in [3.63, 3.8) is 0 Å². The minimum atomic E-state index is -0.301. The fraction of sp³-hybridized carbons (Fsp3) is 0.652. The van der Waals surface area contributed by atoms with Crippen molar-refractivity contribution in [3.8, 4) is 5.19 Å². The van der Waals surface area contributed by atoms with E-state index in [1.807, 2.05) is 6.07 Å². The first-order valence-corrected chi connectivity index (χ1v) is 11.9. The predicted molar refractivity (Wildman–Crippen MR) is 110 cm³/mol. The quantitative estimate of drug-likeness (QED) is 0.708. The fourth-order valence-corrected chi connectivity index (χ4v) is 7.87. The summed E-state index contributed by atoms with van der Waals surface area (Å²) in [4.78, 5) is 19.9. The van der Waals surface area contributed by atoms with E-state index in [2.05, 4.69) is 9.88 Å². The number of likely N-dealkylation sites (tertiary alicyclic amines) is 1. The molecule has 1 aliphatic heterocycles. The van der Waals surface area contributed by atoms with Crippen molar-refractivity contribution in [3.05, 3.63) is 24.0 Å². The van der Waals surface area contributed by atoms with Gasteiger partial charge in [-0.2, -0.15) is 4.98 Å². The van der Waals surface area contributed by atoms with Crippen LogP contribution in [0.4, 0.5) is 4.39 Å². The summed E-state index contributed by atoms with van der Waals surface area (Å²) in [6.45, 7) is 1.54. The minimum Gasteiger partial charge on any atom is -0.467 e. The maximum atomic E-state index is 13.9. The number of piperidine rings is 1. The lowest BCUT2D eigenvalue weighted by Crippen LogP contribution is -2.56. The number of rotatable bonds is 3. The average Bonchev–Trinajstić information content (AvgIpc) is 3.11. The van der Waals surface area contributed by atoms with Gasteiger partial charge in [0, 0.05) is 25.9 Å². The first-order valence-electron chi connectivity index (χ1n) is 11.1. The summed E-state index contributed by atoms with van der Waals surface area (Å²) in [5.74, 6) is 2.52. The molecule has 1 saturated heterocycles. The molecule has 1 aromatic heterocycles. The second kappa shape index (κ2) is 6.66. The Balaban J connectivity index is 1.10. The Morgan fingerprint density at radius 2 is 1.76 bits per heavy atom. The molecule has 4 aliphatic carbocycles. The van der Waals surface area contributed by atoms with Crippen molar-refractivity contribution in [1.82, 2.24) is 9.88 Å². The SMILES string of the molecule is O=C(N1CCC(Oc2nc3c(F)cccc3s2)CC1)C12CC3CC(CC(C3)C1)C2. The summed E-state index contributed by atoms with van der Waals surface area (Å²) in [5.41, 5.74) is 0.342. The number of nitrogens with zero attached hydrogens (tertiary/aromatic N) is 2. The van der Waals surface area contributed by atoms with Gasteiger partial charge in [0.1, 0.15) is 17.4 Å². The third kappa shape index (κ3) is 3.06. The zero-order chi connectivity index (χ0) is 19.6. The molecule has 6 heteroatoms. The number of carbonyl (C=O) groups excluding carboxylic acids is 1. The molecular formula is C23H27FN2O2S. The monoisotopic (exact) mass is 414 g/mol. The van der Waals surface area contributed by atoms with Gasteiger partial charge in [-0.15, -0.1) is 0 Å². The van der Waals surface area contributed by atoms with Crippen LogP contribution in [0.5, 0.6) is 5.19 Å². The molecule has 5 aliphatic rings. The van der Waals surface area contributed by atoms with Gasteiger partial charge in [-0.05, 0) is 68.4 Å². The van der Waals surface area contributed by atoms with Crippen LogP contribution in [0.2, 0.25) is 0 Å². The third-order valence-electron chi connectivity index (χ3n) is 7.84. The van der Waals surface area contributed by atoms with Gasteiger partial charge in [-0.25, -0.2) is 4.39 Å². The number of halogens is 1. The van der Waals surface area contributed by atoms with Gasteiger partial charge in [0.2, 0.25) is 5.91 Å². The normalized spacial score (nSPS) is 34.1. The molecule has 0 radical (unpaired) electrons. The summed E-state index contributed by atoms with van der Waals surface area (Å²) in [7, 11) is 0. The van der Waals surface area contributed by atoms with Crippen molar-refractivity contribution in [2.24, 2.45) is 23.2 Å². The molecule has 1 amide bonds. The Labute approximate surface area is 174 Å². The van der Waals surface area contributed by atoms with Crippen LogP contribution in [0.3, 0.4) is 0 Å². The van der Waals surface area contributed by atoms with Crippen molar-refractivity contribution >= 4 is 27.5 Å². The predicted octanol–water partition coefficient (Wildman–Crippen LogP) is 5.02. The van der Waals surface area contributed by atoms with Crippen LogP contribution in [0.15, 0.2) is 18.2 Å². The van der Waals surface area contributed by atoms with Gasteiger partial charge in [-0.3, -0.25) is 4.79 Å². The Morgan fingerprint density at radius 3 is 2.38 bits per heavy atom. The summed E-state index contributed by atoms with van der Waals surface area (Å²) < 4.78 is 20.8. The highest BCUT2D eigenvalue weighted by Gasteiger charge is 2.55. The third-order valence-corrected chi connectivity index (χ3v) is 8.75. The molecule has 0 N–H and O–H groups in total. The van der Waals surface area contributed by atoms with E-state index in [4.69, 9.17) is 4.74 Å². The zero-order valence-corrected chi connectivity index (χ0v) is 17.4. The minimum absolute atomic E-state index is 0.0486. The number of fused-ring (bicyclic) bond motifs is 1. The molecule has 29 heavy (non-hydrogen) atoms. The van der Waals surface area contributed by atoms with Crippen molar-refractivity contribution in [2.45, 2.75) is 57.5 Å². The number of hydrogen-bond donors (Lipinski definition) is 0. The zero-order valence-electron chi connectivity index (χ0n) is 16.6. The number of aromatic nitrogens is 1. The van der Waals surface area contributed by atoms with Gasteiger partial charge in [0.05, 0.1) is 10.1 Å². The summed E-state index contributed by atoms with van der Waals surface area (Å²) >= 11 is 1.40. The second-order valence-electron chi connectivity index (χ2n) is 9.87. The van der Waals surface area contributed by atoms with Crippen LogP contribution < -0.4 is 4.74 Å². The van der Waals surface area contributed by atoms with Crippen LogP contribution in [-0.2, 0) is 4.79 Å². The maximum Gasteiger partial charge on any atom is 0.274 e. The first kappa shape index (κ1) is 18.1. The molecule has 4 saturated carbocycles. The summed E-state index contributed by atoms with van der Waals surface area (Å²) in [6, 6.07) is 5.00. The smallest absolute Gasteiger partial charge is 0.274 e. The van der Waals surface area contributed by atoms with E-state index in [1.54, 1.807) is 6.07 Å². The van der Waals surface area contributed by atoms with Crippen LogP contribution in [-0.4, -0.2) is 35.0 Å².